The van der Waals surface area contributed by atoms with E-state index in [4.69, 9.17) is 9.72 Å². The molecule has 1 aromatic heterocycles. The Balaban J connectivity index is 0.00000205. The first-order valence-corrected chi connectivity index (χ1v) is 14.1. The van der Waals surface area contributed by atoms with Crippen molar-refractivity contribution in [3.63, 3.8) is 0 Å². The van der Waals surface area contributed by atoms with Crippen molar-refractivity contribution in [3.8, 4) is 11.3 Å². The molecule has 3 aromatic rings. The Hall–Kier alpha value is -2.33. The van der Waals surface area contributed by atoms with E-state index >= 15 is 0 Å². The molecule has 1 saturated carbocycles. The highest BCUT2D eigenvalue weighted by Gasteiger charge is 2.42. The van der Waals surface area contributed by atoms with Gasteiger partial charge in [-0.25, -0.2) is 4.98 Å². The van der Waals surface area contributed by atoms with E-state index in [-0.39, 0.29) is 61.8 Å². The maximum Gasteiger partial charge on any atom is 0.275 e. The summed E-state index contributed by atoms with van der Waals surface area (Å²) in [5.74, 6) is -0.0486. The van der Waals surface area contributed by atoms with E-state index in [1.54, 1.807) is 13.4 Å². The second kappa shape index (κ2) is 16.5. The molecule has 232 valence electrons. The van der Waals surface area contributed by atoms with Crippen LogP contribution in [0.2, 0.25) is 0 Å². The first kappa shape index (κ1) is 35.9. The first-order chi connectivity index (χ1) is 19.0. The second-order valence-corrected chi connectivity index (χ2v) is 10.9. The van der Waals surface area contributed by atoms with Gasteiger partial charge in [0.15, 0.2) is 5.69 Å². The summed E-state index contributed by atoms with van der Waals surface area (Å²) >= 11 is 0. The highest BCUT2D eigenvalue weighted by Crippen LogP contribution is 2.41. The number of halogens is 3. The topological polar surface area (TPSA) is 82.9 Å². The molecule has 0 bridgehead atoms. The molecule has 3 atom stereocenters. The van der Waals surface area contributed by atoms with Crippen molar-refractivity contribution in [2.24, 2.45) is 0 Å². The lowest BCUT2D eigenvalue weighted by Crippen LogP contribution is -2.54. The van der Waals surface area contributed by atoms with Gasteiger partial charge in [-0.1, -0.05) is 61.4 Å². The highest BCUT2D eigenvalue weighted by molar-refractivity contribution is 5.98. The predicted molar refractivity (Wildman–Crippen MR) is 176 cm³/mol. The minimum Gasteiger partial charge on any atom is -0.385 e. The van der Waals surface area contributed by atoms with Crippen molar-refractivity contribution < 1.29 is 14.6 Å². The highest BCUT2D eigenvalue weighted by atomic mass is 35.5. The van der Waals surface area contributed by atoms with Crippen molar-refractivity contribution in [2.75, 3.05) is 51.8 Å². The fourth-order valence-corrected chi connectivity index (χ4v) is 6.23. The number of nitrogens with zero attached hydrogens (tertiary/aromatic N) is 4. The molecule has 1 aliphatic heterocycles. The summed E-state index contributed by atoms with van der Waals surface area (Å²) in [4.78, 5) is 23.2. The number of rotatable bonds is 9. The van der Waals surface area contributed by atoms with Crippen molar-refractivity contribution in [3.05, 3.63) is 72.7 Å². The van der Waals surface area contributed by atoms with E-state index in [2.05, 4.69) is 29.4 Å². The average molecular weight is 641 g/mol. The molecule has 1 saturated heterocycles. The minimum atomic E-state index is -1.00. The molecular weight excluding hydrogens is 597 g/mol. The van der Waals surface area contributed by atoms with Crippen molar-refractivity contribution in [1.29, 1.82) is 0 Å². The summed E-state index contributed by atoms with van der Waals surface area (Å²) in [6, 6.07) is 20.2. The number of aromatic nitrogens is 2. The lowest BCUT2D eigenvalue weighted by molar-refractivity contribution is -0.0893. The summed E-state index contributed by atoms with van der Waals surface area (Å²) in [5, 5.41) is 15.1. The molecule has 42 heavy (non-hydrogen) atoms. The summed E-state index contributed by atoms with van der Waals surface area (Å²) in [5.41, 5.74) is 2.33. The van der Waals surface area contributed by atoms with Crippen molar-refractivity contribution in [2.45, 2.75) is 49.8 Å². The van der Waals surface area contributed by atoms with Crippen LogP contribution in [0.5, 0.6) is 0 Å². The Morgan fingerprint density at radius 2 is 1.79 bits per heavy atom. The molecule has 2 heterocycles. The SMILES string of the molecule is COC[C@]1(O)CCCC[C@H]1n1cnc(C(=O)N2CCNC[C@H]2CCN(C)c2ccccc2)c1-c1ccccc1.Cl.Cl.Cl. The Kier molecular flexibility index (Phi) is 14.1. The number of carbonyl (C=O) groups is 1. The normalized spacial score (nSPS) is 21.8. The zero-order valence-electron chi connectivity index (χ0n) is 24.4. The van der Waals surface area contributed by atoms with Gasteiger partial charge < -0.3 is 29.5 Å². The molecule has 0 spiro atoms. The van der Waals surface area contributed by atoms with E-state index in [0.717, 1.165) is 56.6 Å². The third kappa shape index (κ3) is 7.78. The number of carbonyl (C=O) groups excluding carboxylic acids is 1. The number of imidazole rings is 1. The van der Waals surface area contributed by atoms with Gasteiger partial charge in [0, 0.05) is 57.6 Å². The Morgan fingerprint density at radius 1 is 1.10 bits per heavy atom. The van der Waals surface area contributed by atoms with E-state index < -0.39 is 5.60 Å². The van der Waals surface area contributed by atoms with Crippen LogP contribution in [0.1, 0.15) is 48.6 Å². The predicted octanol–water partition coefficient (Wildman–Crippen LogP) is 5.25. The molecule has 2 aromatic carbocycles. The van der Waals surface area contributed by atoms with Crippen LogP contribution in [0.4, 0.5) is 5.69 Å². The van der Waals surface area contributed by atoms with Crippen LogP contribution in [-0.4, -0.2) is 84.1 Å². The molecule has 2 aliphatic rings. The molecule has 2 fully saturated rings. The maximum atomic E-state index is 14.2. The lowest BCUT2D eigenvalue weighted by atomic mass is 9.80. The molecular formula is C31H44Cl3N5O3. The van der Waals surface area contributed by atoms with Crippen LogP contribution in [-0.2, 0) is 4.74 Å². The summed E-state index contributed by atoms with van der Waals surface area (Å²) < 4.78 is 7.50. The number of ether oxygens (including phenoxy) is 1. The van der Waals surface area contributed by atoms with E-state index in [1.165, 1.54) is 5.69 Å². The standard InChI is InChI=1S/C31H41N5O3.3ClH/c1-34(25-13-7-4-8-14-25)19-16-26-21-32-18-20-35(26)30(37)28-29(24-11-5-3-6-12-24)36(23-33-28)27-15-9-10-17-31(27,38)22-39-2;;;/h3-8,11-14,23,26-27,32,38H,9-10,15-22H2,1-2H3;3*1H/t26-,27-,31-;;;/m1.../s1. The average Bonchev–Trinajstić information content (AvgIpc) is 3.41. The molecule has 1 amide bonds. The molecule has 5 rings (SSSR count). The number of hydrogen-bond acceptors (Lipinski definition) is 6. The zero-order chi connectivity index (χ0) is 27.2. The minimum absolute atomic E-state index is 0. The van der Waals surface area contributed by atoms with Gasteiger partial charge in [0.05, 0.1) is 24.7 Å². The van der Waals surface area contributed by atoms with E-state index in [0.29, 0.717) is 18.7 Å². The van der Waals surface area contributed by atoms with Crippen LogP contribution in [0, 0.1) is 0 Å². The lowest BCUT2D eigenvalue weighted by Gasteiger charge is -2.41. The van der Waals surface area contributed by atoms with Gasteiger partial charge in [-0.05, 0) is 31.4 Å². The molecule has 0 radical (unpaired) electrons. The summed E-state index contributed by atoms with van der Waals surface area (Å²) in [7, 11) is 3.72. The van der Waals surface area contributed by atoms with Gasteiger partial charge in [0.25, 0.3) is 5.91 Å². The van der Waals surface area contributed by atoms with Crippen LogP contribution in [0.15, 0.2) is 67.0 Å². The molecule has 1 aliphatic carbocycles. The molecule has 2 N–H and O–H groups in total. The van der Waals surface area contributed by atoms with Crippen molar-refractivity contribution in [1.82, 2.24) is 19.8 Å². The van der Waals surface area contributed by atoms with Gasteiger partial charge in [-0.15, -0.1) is 37.2 Å². The fraction of sp³-hybridized carbons (Fsp3) is 0.484. The number of amides is 1. The number of aliphatic hydroxyl groups is 1. The monoisotopic (exact) mass is 639 g/mol. The number of piperazine rings is 1. The third-order valence-electron chi connectivity index (χ3n) is 8.34. The van der Waals surface area contributed by atoms with Crippen molar-refractivity contribution >= 4 is 48.8 Å². The van der Waals surface area contributed by atoms with Crippen LogP contribution < -0.4 is 10.2 Å². The number of methoxy groups -OCH3 is 1. The van der Waals surface area contributed by atoms with Crippen LogP contribution >= 0.6 is 37.2 Å². The van der Waals surface area contributed by atoms with Gasteiger partial charge in [0.2, 0.25) is 0 Å². The van der Waals surface area contributed by atoms with Gasteiger partial charge in [0.1, 0.15) is 5.60 Å². The number of hydrogen-bond donors (Lipinski definition) is 2. The molecule has 8 nitrogen and oxygen atoms in total. The largest absolute Gasteiger partial charge is 0.385 e. The molecule has 11 heteroatoms. The van der Waals surface area contributed by atoms with Gasteiger partial charge in [-0.2, -0.15) is 0 Å². The Morgan fingerprint density at radius 3 is 2.48 bits per heavy atom. The smallest absolute Gasteiger partial charge is 0.275 e. The van der Waals surface area contributed by atoms with Crippen LogP contribution in [0.25, 0.3) is 11.3 Å². The Labute approximate surface area is 268 Å². The quantitative estimate of drug-likeness (QED) is 0.333. The Bertz CT molecular complexity index is 1230. The summed E-state index contributed by atoms with van der Waals surface area (Å²) in [6.45, 7) is 3.24. The summed E-state index contributed by atoms with van der Waals surface area (Å²) in [6.07, 6.45) is 6.05. The van der Waals surface area contributed by atoms with Crippen LogP contribution in [0.3, 0.4) is 0 Å². The first-order valence-electron chi connectivity index (χ1n) is 14.1. The molecule has 0 unspecified atom stereocenters. The number of anilines is 1. The maximum absolute atomic E-state index is 14.2. The number of benzene rings is 2. The fourth-order valence-electron chi connectivity index (χ4n) is 6.23. The van der Waals surface area contributed by atoms with E-state index in [1.807, 2.05) is 58.0 Å². The number of para-hydroxylation sites is 1. The second-order valence-electron chi connectivity index (χ2n) is 10.9. The van der Waals surface area contributed by atoms with Gasteiger partial charge in [-0.3, -0.25) is 4.79 Å². The zero-order valence-corrected chi connectivity index (χ0v) is 26.8. The number of nitrogens with one attached hydrogen (secondary N) is 1. The van der Waals surface area contributed by atoms with E-state index in [9.17, 15) is 9.90 Å². The van der Waals surface area contributed by atoms with Gasteiger partial charge >= 0.3 is 0 Å². The third-order valence-corrected chi connectivity index (χ3v) is 8.34.